The molecule has 4 heteroatoms. The van der Waals surface area contributed by atoms with Crippen LogP contribution in [-0.2, 0) is 5.41 Å². The molecule has 0 saturated carbocycles. The summed E-state index contributed by atoms with van der Waals surface area (Å²) in [4.78, 5) is 12.6. The molecule has 2 heterocycles. The van der Waals surface area contributed by atoms with Gasteiger partial charge in [0.25, 0.3) is 0 Å². The van der Waals surface area contributed by atoms with Crippen LogP contribution >= 0.6 is 11.6 Å². The lowest BCUT2D eigenvalue weighted by atomic mass is 9.87. The average molecular weight is 388 g/mol. The Hall–Kier alpha value is -2.91. The second-order valence-electron chi connectivity index (χ2n) is 7.95. The Bertz CT molecular complexity index is 1160. The average Bonchev–Trinajstić information content (AvgIpc) is 3.10. The summed E-state index contributed by atoms with van der Waals surface area (Å²) in [5.74, 6) is 0.855. The topological polar surface area (TPSA) is 41.6 Å². The largest absolute Gasteiger partial charge is 0.338 e. The molecule has 0 aliphatic heterocycles. The molecule has 4 aromatic rings. The number of rotatable bonds is 3. The molecule has 0 unspecified atom stereocenters. The Labute approximate surface area is 170 Å². The molecule has 3 nitrogen and oxygen atoms in total. The summed E-state index contributed by atoms with van der Waals surface area (Å²) in [7, 11) is 0. The third-order valence-electron chi connectivity index (χ3n) is 4.88. The Morgan fingerprint density at radius 2 is 1.71 bits per heavy atom. The fourth-order valence-corrected chi connectivity index (χ4v) is 3.46. The number of aromatic nitrogens is 3. The van der Waals surface area contributed by atoms with Gasteiger partial charge in [0, 0.05) is 17.3 Å². The van der Waals surface area contributed by atoms with Crippen LogP contribution in [-0.4, -0.2) is 15.0 Å². The zero-order valence-corrected chi connectivity index (χ0v) is 17.0. The first kappa shape index (κ1) is 18.5. The highest BCUT2D eigenvalue weighted by Gasteiger charge is 2.15. The summed E-state index contributed by atoms with van der Waals surface area (Å²) < 4.78 is 0. The fourth-order valence-electron chi connectivity index (χ4n) is 3.18. The molecule has 0 bridgehead atoms. The summed E-state index contributed by atoms with van der Waals surface area (Å²) in [6.07, 6.45) is 3.51. The van der Waals surface area contributed by atoms with E-state index in [0.29, 0.717) is 5.02 Å². The van der Waals surface area contributed by atoms with E-state index in [1.807, 2.05) is 30.3 Å². The predicted molar refractivity (Wildman–Crippen MR) is 119 cm³/mol. The van der Waals surface area contributed by atoms with Gasteiger partial charge >= 0.3 is 0 Å². The quantitative estimate of drug-likeness (QED) is 0.416. The lowest BCUT2D eigenvalue weighted by Gasteiger charge is -2.18. The van der Waals surface area contributed by atoms with Crippen LogP contribution in [0.4, 0.5) is 0 Å². The third kappa shape index (κ3) is 3.46. The smallest absolute Gasteiger partial charge is 0.138 e. The third-order valence-corrected chi connectivity index (χ3v) is 5.17. The molecule has 0 aliphatic carbocycles. The fraction of sp³-hybridized carbons (Fsp3) is 0.167. The first-order chi connectivity index (χ1) is 13.3. The van der Waals surface area contributed by atoms with E-state index in [-0.39, 0.29) is 5.41 Å². The summed E-state index contributed by atoms with van der Waals surface area (Å²) in [5.41, 5.74) is 7.07. The molecular formula is C24H22ClN3. The molecule has 0 spiro atoms. The molecule has 140 valence electrons. The van der Waals surface area contributed by atoms with Crippen molar-refractivity contribution in [1.82, 2.24) is 15.0 Å². The molecule has 0 atom stereocenters. The molecule has 4 rings (SSSR count). The number of pyridine rings is 1. The molecule has 0 fully saturated rings. The van der Waals surface area contributed by atoms with Crippen molar-refractivity contribution >= 4 is 28.7 Å². The van der Waals surface area contributed by atoms with Crippen LogP contribution in [0.1, 0.15) is 31.9 Å². The van der Waals surface area contributed by atoms with Gasteiger partial charge in [0.15, 0.2) is 0 Å². The number of nitrogens with zero attached hydrogens (tertiary/aromatic N) is 2. The zero-order valence-electron chi connectivity index (χ0n) is 16.3. The van der Waals surface area contributed by atoms with Crippen molar-refractivity contribution in [3.8, 4) is 22.6 Å². The molecular weight excluding hydrogens is 366 g/mol. The van der Waals surface area contributed by atoms with Crippen molar-refractivity contribution in [1.29, 1.82) is 0 Å². The molecule has 0 radical (unpaired) electrons. The number of H-pyrrole nitrogens is 1. The van der Waals surface area contributed by atoms with E-state index in [1.165, 1.54) is 5.56 Å². The van der Waals surface area contributed by atoms with E-state index in [2.05, 4.69) is 55.5 Å². The maximum atomic E-state index is 6.38. The Balaban J connectivity index is 1.68. The minimum atomic E-state index is 0.106. The van der Waals surface area contributed by atoms with Gasteiger partial charge in [-0.25, -0.2) is 4.98 Å². The SMILES string of the molecule is C=Cc1cnc(-c2ccc(-c3nc4ccc(C(C)(C)C)cc4[nH]3)cc2)c(Cl)c1. The second-order valence-corrected chi connectivity index (χ2v) is 8.36. The Morgan fingerprint density at radius 1 is 1.00 bits per heavy atom. The first-order valence-electron chi connectivity index (χ1n) is 9.24. The van der Waals surface area contributed by atoms with Crippen molar-refractivity contribution < 1.29 is 0 Å². The van der Waals surface area contributed by atoms with Gasteiger partial charge in [-0.05, 0) is 34.7 Å². The number of hydrogen-bond donors (Lipinski definition) is 1. The monoisotopic (exact) mass is 387 g/mol. The number of imidazole rings is 1. The standard InChI is InChI=1S/C24H22ClN3/c1-5-15-12-19(25)22(26-14-15)16-6-8-17(9-7-16)23-27-20-11-10-18(24(2,3)4)13-21(20)28-23/h5-14H,1H2,2-4H3,(H,27,28). The number of fused-ring (bicyclic) bond motifs is 1. The predicted octanol–water partition coefficient (Wildman–Crippen LogP) is 6.89. The van der Waals surface area contributed by atoms with Crippen LogP contribution in [0.15, 0.2) is 61.3 Å². The van der Waals surface area contributed by atoms with Crippen molar-refractivity contribution in [2.75, 3.05) is 0 Å². The molecule has 0 amide bonds. The maximum Gasteiger partial charge on any atom is 0.138 e. The van der Waals surface area contributed by atoms with Crippen molar-refractivity contribution in [3.05, 3.63) is 77.5 Å². The second kappa shape index (κ2) is 6.92. The van der Waals surface area contributed by atoms with Gasteiger partial charge in [-0.15, -0.1) is 0 Å². The van der Waals surface area contributed by atoms with E-state index in [1.54, 1.807) is 12.3 Å². The van der Waals surface area contributed by atoms with Gasteiger partial charge < -0.3 is 4.98 Å². The van der Waals surface area contributed by atoms with E-state index in [9.17, 15) is 0 Å². The summed E-state index contributed by atoms with van der Waals surface area (Å²) in [6.45, 7) is 10.4. The van der Waals surface area contributed by atoms with Gasteiger partial charge in [0.2, 0.25) is 0 Å². The number of halogens is 1. The highest BCUT2D eigenvalue weighted by atomic mass is 35.5. The van der Waals surface area contributed by atoms with Gasteiger partial charge in [-0.2, -0.15) is 0 Å². The van der Waals surface area contributed by atoms with E-state index < -0.39 is 0 Å². The molecule has 1 N–H and O–H groups in total. The first-order valence-corrected chi connectivity index (χ1v) is 9.62. The number of hydrogen-bond acceptors (Lipinski definition) is 2. The molecule has 0 saturated heterocycles. The lowest BCUT2D eigenvalue weighted by Crippen LogP contribution is -2.10. The normalized spacial score (nSPS) is 11.7. The molecule has 0 aliphatic rings. The van der Waals surface area contributed by atoms with E-state index in [0.717, 1.165) is 39.2 Å². The van der Waals surface area contributed by atoms with E-state index >= 15 is 0 Å². The highest BCUT2D eigenvalue weighted by molar-refractivity contribution is 6.33. The lowest BCUT2D eigenvalue weighted by molar-refractivity contribution is 0.591. The molecule has 2 aromatic heterocycles. The van der Waals surface area contributed by atoms with Crippen LogP contribution < -0.4 is 0 Å². The maximum absolute atomic E-state index is 6.38. The van der Waals surface area contributed by atoms with Gasteiger partial charge in [-0.3, -0.25) is 4.98 Å². The number of aromatic amines is 1. The van der Waals surface area contributed by atoms with Crippen LogP contribution in [0, 0.1) is 0 Å². The zero-order chi connectivity index (χ0) is 19.9. The Morgan fingerprint density at radius 3 is 2.36 bits per heavy atom. The molecule has 2 aromatic carbocycles. The summed E-state index contributed by atoms with van der Waals surface area (Å²) in [6, 6.07) is 16.4. The number of nitrogens with one attached hydrogen (secondary N) is 1. The van der Waals surface area contributed by atoms with Gasteiger partial charge in [0.05, 0.1) is 21.7 Å². The minimum Gasteiger partial charge on any atom is -0.338 e. The summed E-state index contributed by atoms with van der Waals surface area (Å²) >= 11 is 6.38. The Kier molecular flexibility index (Phi) is 4.56. The molecule has 28 heavy (non-hydrogen) atoms. The van der Waals surface area contributed by atoms with Crippen molar-refractivity contribution in [3.63, 3.8) is 0 Å². The van der Waals surface area contributed by atoms with Crippen molar-refractivity contribution in [2.45, 2.75) is 26.2 Å². The minimum absolute atomic E-state index is 0.106. The highest BCUT2D eigenvalue weighted by Crippen LogP contribution is 2.30. The van der Waals surface area contributed by atoms with Crippen LogP contribution in [0.2, 0.25) is 5.02 Å². The number of benzene rings is 2. The van der Waals surface area contributed by atoms with Crippen LogP contribution in [0.3, 0.4) is 0 Å². The van der Waals surface area contributed by atoms with E-state index in [4.69, 9.17) is 16.6 Å². The van der Waals surface area contributed by atoms with Crippen molar-refractivity contribution in [2.24, 2.45) is 0 Å². The van der Waals surface area contributed by atoms with Crippen LogP contribution in [0.5, 0.6) is 0 Å². The summed E-state index contributed by atoms with van der Waals surface area (Å²) in [5, 5.41) is 0.614. The van der Waals surface area contributed by atoms with Gasteiger partial charge in [-0.1, -0.05) is 75.4 Å². The van der Waals surface area contributed by atoms with Crippen LogP contribution in [0.25, 0.3) is 39.8 Å². The van der Waals surface area contributed by atoms with Gasteiger partial charge in [0.1, 0.15) is 5.82 Å².